The van der Waals surface area contributed by atoms with Crippen LogP contribution in [0.5, 0.6) is 11.5 Å². The Labute approximate surface area is 168 Å². The Kier molecular flexibility index (Phi) is 5.78. The van der Waals surface area contributed by atoms with Gasteiger partial charge in [0, 0.05) is 5.02 Å². The lowest BCUT2D eigenvalue weighted by molar-refractivity contribution is -0.274. The number of ether oxygens (including phenoxy) is 2. The van der Waals surface area contributed by atoms with Crippen LogP contribution in [-0.4, -0.2) is 33.2 Å². The molecule has 0 saturated heterocycles. The van der Waals surface area contributed by atoms with Gasteiger partial charge in [-0.3, -0.25) is 4.79 Å². The van der Waals surface area contributed by atoms with E-state index < -0.39 is 18.2 Å². The molecule has 1 heterocycles. The van der Waals surface area contributed by atoms with Crippen molar-refractivity contribution in [1.82, 2.24) is 15.0 Å². The van der Waals surface area contributed by atoms with Gasteiger partial charge in [-0.1, -0.05) is 16.8 Å². The molecule has 0 saturated carbocycles. The number of carbonyl (C=O) groups excluding carboxylic acids is 1. The van der Waals surface area contributed by atoms with Crippen LogP contribution < -0.4 is 9.47 Å². The Morgan fingerprint density at radius 2 is 1.86 bits per heavy atom. The SMILES string of the molecule is Cc1cc(Cl)ccc1O[C@H](C)C(=O)c1cn(-c2ccc(OC(F)(F)F)cc2)nn1. The van der Waals surface area contributed by atoms with Gasteiger partial charge in [-0.2, -0.15) is 0 Å². The second-order valence-corrected chi connectivity index (χ2v) is 6.56. The molecule has 0 aliphatic heterocycles. The third-order valence-electron chi connectivity index (χ3n) is 3.89. The number of Topliss-reactive ketones (excluding diaryl/α,β-unsaturated/α-hetero) is 1. The summed E-state index contributed by atoms with van der Waals surface area (Å²) in [5.41, 5.74) is 1.25. The second kappa shape index (κ2) is 8.12. The predicted octanol–water partition coefficient (Wildman–Crippen LogP) is 4.78. The minimum atomic E-state index is -4.77. The maximum atomic E-state index is 12.6. The van der Waals surface area contributed by atoms with Crippen LogP contribution in [0.2, 0.25) is 5.02 Å². The van der Waals surface area contributed by atoms with Crippen molar-refractivity contribution >= 4 is 17.4 Å². The quantitative estimate of drug-likeness (QED) is 0.532. The van der Waals surface area contributed by atoms with Crippen molar-refractivity contribution in [3.8, 4) is 17.2 Å². The van der Waals surface area contributed by atoms with Gasteiger partial charge >= 0.3 is 6.36 Å². The minimum Gasteiger partial charge on any atom is -0.482 e. The molecular weight excluding hydrogens is 411 g/mol. The van der Waals surface area contributed by atoms with Gasteiger partial charge in [-0.15, -0.1) is 18.3 Å². The molecule has 0 unspecified atom stereocenters. The number of ketones is 1. The zero-order valence-electron chi connectivity index (χ0n) is 15.3. The van der Waals surface area contributed by atoms with Gasteiger partial charge in [0.15, 0.2) is 11.8 Å². The van der Waals surface area contributed by atoms with Crippen LogP contribution in [0, 0.1) is 6.92 Å². The Hall–Kier alpha value is -3.07. The van der Waals surface area contributed by atoms with Gasteiger partial charge < -0.3 is 9.47 Å². The lowest BCUT2D eigenvalue weighted by Crippen LogP contribution is -2.24. The molecule has 0 aliphatic rings. The fourth-order valence-electron chi connectivity index (χ4n) is 2.50. The topological polar surface area (TPSA) is 66.2 Å². The molecule has 2 aromatic carbocycles. The average Bonchev–Trinajstić information content (AvgIpc) is 3.12. The number of aryl methyl sites for hydroxylation is 1. The van der Waals surface area contributed by atoms with Crippen LogP contribution in [0.4, 0.5) is 13.2 Å². The lowest BCUT2D eigenvalue weighted by atomic mass is 10.2. The molecule has 0 radical (unpaired) electrons. The molecule has 0 fully saturated rings. The second-order valence-electron chi connectivity index (χ2n) is 6.12. The largest absolute Gasteiger partial charge is 0.573 e. The van der Waals surface area contributed by atoms with Crippen LogP contribution in [0.15, 0.2) is 48.7 Å². The van der Waals surface area contributed by atoms with Crippen molar-refractivity contribution in [2.45, 2.75) is 26.3 Å². The zero-order valence-corrected chi connectivity index (χ0v) is 16.0. The Balaban J connectivity index is 1.70. The van der Waals surface area contributed by atoms with Crippen LogP contribution in [0.1, 0.15) is 23.0 Å². The highest BCUT2D eigenvalue weighted by Gasteiger charge is 2.31. The number of halogens is 4. The summed E-state index contributed by atoms with van der Waals surface area (Å²) < 4.78 is 47.5. The molecule has 0 bridgehead atoms. The first-order valence-electron chi connectivity index (χ1n) is 8.38. The van der Waals surface area contributed by atoms with Gasteiger partial charge in [0.05, 0.1) is 11.9 Å². The third kappa shape index (κ3) is 5.26. The first-order chi connectivity index (χ1) is 13.6. The van der Waals surface area contributed by atoms with E-state index in [2.05, 4.69) is 15.0 Å². The van der Waals surface area contributed by atoms with Crippen molar-refractivity contribution in [3.63, 3.8) is 0 Å². The summed E-state index contributed by atoms with van der Waals surface area (Å²) in [6.45, 7) is 3.39. The zero-order chi connectivity index (χ0) is 21.2. The smallest absolute Gasteiger partial charge is 0.482 e. The van der Waals surface area contributed by atoms with Crippen LogP contribution in [0.3, 0.4) is 0 Å². The fourth-order valence-corrected chi connectivity index (χ4v) is 2.73. The van der Waals surface area contributed by atoms with E-state index in [0.717, 1.165) is 17.7 Å². The third-order valence-corrected chi connectivity index (χ3v) is 4.13. The monoisotopic (exact) mass is 425 g/mol. The summed E-state index contributed by atoms with van der Waals surface area (Å²) >= 11 is 5.91. The van der Waals surface area contributed by atoms with Crippen LogP contribution in [0.25, 0.3) is 5.69 Å². The molecule has 152 valence electrons. The van der Waals surface area contributed by atoms with Crippen LogP contribution in [-0.2, 0) is 0 Å². The van der Waals surface area contributed by atoms with Crippen molar-refractivity contribution in [2.75, 3.05) is 0 Å². The number of benzene rings is 2. The highest BCUT2D eigenvalue weighted by Crippen LogP contribution is 2.25. The molecule has 29 heavy (non-hydrogen) atoms. The van der Waals surface area contributed by atoms with Gasteiger partial charge in [0.1, 0.15) is 11.5 Å². The Bertz CT molecular complexity index is 1020. The van der Waals surface area contributed by atoms with Gasteiger partial charge in [-0.05, 0) is 61.9 Å². The summed E-state index contributed by atoms with van der Waals surface area (Å²) in [7, 11) is 0. The summed E-state index contributed by atoms with van der Waals surface area (Å²) in [6.07, 6.45) is -4.23. The van der Waals surface area contributed by atoms with Crippen molar-refractivity contribution in [3.05, 3.63) is 64.9 Å². The maximum absolute atomic E-state index is 12.6. The Morgan fingerprint density at radius 3 is 2.48 bits per heavy atom. The van der Waals surface area contributed by atoms with Crippen molar-refractivity contribution in [2.24, 2.45) is 0 Å². The molecule has 1 aromatic heterocycles. The van der Waals surface area contributed by atoms with E-state index in [1.54, 1.807) is 32.0 Å². The normalized spacial score (nSPS) is 12.5. The first kappa shape index (κ1) is 20.7. The number of nitrogens with zero attached hydrogens (tertiary/aromatic N) is 3. The molecule has 0 N–H and O–H groups in total. The van der Waals surface area contributed by atoms with E-state index in [9.17, 15) is 18.0 Å². The lowest BCUT2D eigenvalue weighted by Gasteiger charge is -2.14. The molecule has 10 heteroatoms. The standard InChI is InChI=1S/C19H15ClF3N3O3/c1-11-9-13(20)3-8-17(11)28-12(2)18(27)16-10-26(25-24-16)14-4-6-15(7-5-14)29-19(21,22)23/h3-10,12H,1-2H3/t12-/m1/s1. The number of hydrogen-bond donors (Lipinski definition) is 0. The highest BCUT2D eigenvalue weighted by atomic mass is 35.5. The molecule has 0 amide bonds. The molecular formula is C19H15ClF3N3O3. The summed E-state index contributed by atoms with van der Waals surface area (Å²) in [5, 5.41) is 8.22. The molecule has 0 aliphatic carbocycles. The van der Waals surface area contributed by atoms with Crippen molar-refractivity contribution < 1.29 is 27.4 Å². The van der Waals surface area contributed by atoms with Crippen molar-refractivity contribution in [1.29, 1.82) is 0 Å². The molecule has 1 atom stereocenters. The molecule has 6 nitrogen and oxygen atoms in total. The predicted molar refractivity (Wildman–Crippen MR) is 98.7 cm³/mol. The van der Waals surface area contributed by atoms with E-state index >= 15 is 0 Å². The van der Waals surface area contributed by atoms with Gasteiger partial charge in [0.2, 0.25) is 5.78 Å². The van der Waals surface area contributed by atoms with E-state index in [4.69, 9.17) is 16.3 Å². The van der Waals surface area contributed by atoms with E-state index in [0.29, 0.717) is 16.5 Å². The van der Waals surface area contributed by atoms with E-state index in [-0.39, 0.29) is 11.4 Å². The molecule has 0 spiro atoms. The number of alkyl halides is 3. The number of carbonyl (C=O) groups is 1. The number of aromatic nitrogens is 3. The minimum absolute atomic E-state index is 0.0553. The number of rotatable bonds is 6. The van der Waals surface area contributed by atoms with Gasteiger partial charge in [0.25, 0.3) is 0 Å². The maximum Gasteiger partial charge on any atom is 0.573 e. The first-order valence-corrected chi connectivity index (χ1v) is 8.76. The average molecular weight is 426 g/mol. The van der Waals surface area contributed by atoms with E-state index in [1.807, 2.05) is 0 Å². The molecule has 3 aromatic rings. The summed E-state index contributed by atoms with van der Waals surface area (Å²) in [4.78, 5) is 12.6. The number of hydrogen-bond acceptors (Lipinski definition) is 5. The summed E-state index contributed by atoms with van der Waals surface area (Å²) in [5.74, 6) is -0.247. The highest BCUT2D eigenvalue weighted by molar-refractivity contribution is 6.30. The summed E-state index contributed by atoms with van der Waals surface area (Å²) in [6, 6.07) is 10.0. The van der Waals surface area contributed by atoms with Crippen LogP contribution >= 0.6 is 11.6 Å². The Morgan fingerprint density at radius 1 is 1.17 bits per heavy atom. The van der Waals surface area contributed by atoms with E-state index in [1.165, 1.54) is 23.0 Å². The fraction of sp³-hybridized carbons (Fsp3) is 0.211. The molecule has 3 rings (SSSR count). The van der Waals surface area contributed by atoms with Gasteiger partial charge in [-0.25, -0.2) is 4.68 Å².